The molecule has 0 radical (unpaired) electrons. The van der Waals surface area contributed by atoms with Gasteiger partial charge in [-0.25, -0.2) is 0 Å². The molecular formula is C20H26F3N3O4. The third kappa shape index (κ3) is 5.71. The van der Waals surface area contributed by atoms with Crippen LogP contribution in [0, 0.1) is 0 Å². The fourth-order valence-electron chi connectivity index (χ4n) is 3.89. The Morgan fingerprint density at radius 1 is 1.23 bits per heavy atom. The molecule has 2 atom stereocenters. The molecule has 0 spiro atoms. The molecule has 2 N–H and O–H groups in total. The van der Waals surface area contributed by atoms with Gasteiger partial charge in [-0.05, 0) is 31.0 Å². The van der Waals surface area contributed by atoms with Crippen LogP contribution in [0.2, 0.25) is 0 Å². The van der Waals surface area contributed by atoms with Gasteiger partial charge in [0.15, 0.2) is 0 Å². The summed E-state index contributed by atoms with van der Waals surface area (Å²) in [5.74, 6) is -1.16. The van der Waals surface area contributed by atoms with E-state index in [1.807, 2.05) is 0 Å². The van der Waals surface area contributed by atoms with Crippen LogP contribution in [0.15, 0.2) is 24.3 Å². The predicted octanol–water partition coefficient (Wildman–Crippen LogP) is 1.43. The summed E-state index contributed by atoms with van der Waals surface area (Å²) in [5.41, 5.74) is -1.07. The monoisotopic (exact) mass is 429 g/mol. The Morgan fingerprint density at radius 3 is 2.63 bits per heavy atom. The van der Waals surface area contributed by atoms with E-state index >= 15 is 0 Å². The molecular weight excluding hydrogens is 403 g/mol. The summed E-state index contributed by atoms with van der Waals surface area (Å²) >= 11 is 0. The molecule has 0 aliphatic carbocycles. The van der Waals surface area contributed by atoms with E-state index in [4.69, 9.17) is 9.47 Å². The molecule has 30 heavy (non-hydrogen) atoms. The Hall–Kier alpha value is -2.17. The molecule has 0 saturated carbocycles. The lowest BCUT2D eigenvalue weighted by Crippen LogP contribution is -2.47. The average molecular weight is 429 g/mol. The minimum absolute atomic E-state index is 0.154. The van der Waals surface area contributed by atoms with Crippen LogP contribution in [0.4, 0.5) is 13.2 Å². The fraction of sp³-hybridized carbons (Fsp3) is 0.600. The predicted molar refractivity (Wildman–Crippen MR) is 102 cm³/mol. The highest BCUT2D eigenvalue weighted by molar-refractivity contribution is 5.96. The second kappa shape index (κ2) is 9.76. The molecule has 2 aliphatic rings. The van der Waals surface area contributed by atoms with Crippen LogP contribution >= 0.6 is 0 Å². The van der Waals surface area contributed by atoms with Crippen molar-refractivity contribution in [1.29, 1.82) is 0 Å². The van der Waals surface area contributed by atoms with Crippen LogP contribution in [-0.4, -0.2) is 74.9 Å². The molecule has 1 aromatic carbocycles. The molecule has 2 saturated heterocycles. The highest BCUT2D eigenvalue weighted by atomic mass is 19.4. The topological polar surface area (TPSA) is 79.9 Å². The largest absolute Gasteiger partial charge is 0.416 e. The molecule has 2 amide bonds. The van der Waals surface area contributed by atoms with Gasteiger partial charge < -0.3 is 20.1 Å². The Morgan fingerprint density at radius 2 is 1.97 bits per heavy atom. The maximum Gasteiger partial charge on any atom is 0.416 e. The number of likely N-dealkylation sites (tertiary alicyclic amines) is 1. The van der Waals surface area contributed by atoms with Crippen LogP contribution in [-0.2, 0) is 20.4 Å². The van der Waals surface area contributed by atoms with Gasteiger partial charge in [-0.3, -0.25) is 14.5 Å². The van der Waals surface area contributed by atoms with Crippen LogP contribution in [0.5, 0.6) is 0 Å². The van der Waals surface area contributed by atoms with Crippen molar-refractivity contribution in [2.45, 2.75) is 37.2 Å². The van der Waals surface area contributed by atoms with Gasteiger partial charge >= 0.3 is 6.18 Å². The summed E-state index contributed by atoms with van der Waals surface area (Å²) < 4.78 is 49.3. The molecule has 10 heteroatoms. The fourth-order valence-corrected chi connectivity index (χ4v) is 3.89. The molecule has 1 aromatic rings. The van der Waals surface area contributed by atoms with E-state index in [9.17, 15) is 22.8 Å². The standard InChI is InChI=1S/C20H26F3N3O4/c1-29-17-12-26(15-5-7-30-8-6-15)11-16(17)25-18(27)10-24-19(28)13-3-2-4-14(9-13)20(21,22)23/h2-4,9,15-17H,5-8,10-12H2,1H3,(H,24,28)(H,25,27)/t16-,17?/m0/s1. The van der Waals surface area contributed by atoms with Crippen LogP contribution in [0.25, 0.3) is 0 Å². The van der Waals surface area contributed by atoms with Crippen molar-refractivity contribution in [3.8, 4) is 0 Å². The number of carbonyl (C=O) groups excluding carboxylic acids is 2. The van der Waals surface area contributed by atoms with Gasteiger partial charge in [0, 0.05) is 45.0 Å². The first-order valence-electron chi connectivity index (χ1n) is 9.87. The highest BCUT2D eigenvalue weighted by Gasteiger charge is 2.37. The summed E-state index contributed by atoms with van der Waals surface area (Å²) in [6.45, 7) is 2.44. The second-order valence-electron chi connectivity index (χ2n) is 7.51. The van der Waals surface area contributed by atoms with Gasteiger partial charge in [0.25, 0.3) is 5.91 Å². The smallest absolute Gasteiger partial charge is 0.381 e. The first-order valence-corrected chi connectivity index (χ1v) is 9.87. The molecule has 0 aromatic heterocycles. The lowest BCUT2D eigenvalue weighted by atomic mass is 10.1. The second-order valence-corrected chi connectivity index (χ2v) is 7.51. The quantitative estimate of drug-likeness (QED) is 0.715. The Labute approximate surface area is 172 Å². The van der Waals surface area contributed by atoms with E-state index in [0.717, 1.165) is 44.3 Å². The number of halogens is 3. The van der Waals surface area contributed by atoms with Crippen molar-refractivity contribution >= 4 is 11.8 Å². The van der Waals surface area contributed by atoms with Crippen LogP contribution < -0.4 is 10.6 Å². The molecule has 0 bridgehead atoms. The zero-order valence-corrected chi connectivity index (χ0v) is 16.7. The number of ether oxygens (including phenoxy) is 2. The van der Waals surface area contributed by atoms with Crippen molar-refractivity contribution in [1.82, 2.24) is 15.5 Å². The van der Waals surface area contributed by atoms with E-state index in [0.29, 0.717) is 19.1 Å². The normalized spacial score (nSPS) is 23.3. The SMILES string of the molecule is COC1CN(C2CCOCC2)C[C@@H]1NC(=O)CNC(=O)c1cccc(C(F)(F)F)c1. The first kappa shape index (κ1) is 22.5. The molecule has 3 rings (SSSR count). The summed E-state index contributed by atoms with van der Waals surface area (Å²) in [6.07, 6.45) is -2.84. The Kier molecular flexibility index (Phi) is 7.32. The number of rotatable bonds is 6. The molecule has 2 heterocycles. The van der Waals surface area contributed by atoms with E-state index in [1.54, 1.807) is 7.11 Å². The molecule has 7 nitrogen and oxygen atoms in total. The maximum absolute atomic E-state index is 12.8. The minimum Gasteiger partial charge on any atom is -0.381 e. The number of hydrogen-bond donors (Lipinski definition) is 2. The number of alkyl halides is 3. The van der Waals surface area contributed by atoms with Crippen molar-refractivity contribution < 1.29 is 32.2 Å². The average Bonchev–Trinajstić information content (AvgIpc) is 3.15. The minimum atomic E-state index is -4.54. The molecule has 1 unspecified atom stereocenters. The number of nitrogens with zero attached hydrogens (tertiary/aromatic N) is 1. The zero-order valence-electron chi connectivity index (χ0n) is 16.7. The Bertz CT molecular complexity index is 753. The van der Waals surface area contributed by atoms with E-state index in [-0.39, 0.29) is 24.3 Å². The van der Waals surface area contributed by atoms with E-state index < -0.39 is 23.6 Å². The third-order valence-electron chi connectivity index (χ3n) is 5.51. The van der Waals surface area contributed by atoms with Crippen molar-refractivity contribution in [3.05, 3.63) is 35.4 Å². The van der Waals surface area contributed by atoms with Gasteiger partial charge in [0.2, 0.25) is 5.91 Å². The van der Waals surface area contributed by atoms with Crippen LogP contribution in [0.3, 0.4) is 0 Å². The van der Waals surface area contributed by atoms with Gasteiger partial charge in [-0.15, -0.1) is 0 Å². The number of methoxy groups -OCH3 is 1. The first-order chi connectivity index (χ1) is 14.3. The van der Waals surface area contributed by atoms with Crippen LogP contribution in [0.1, 0.15) is 28.8 Å². The number of amides is 2. The van der Waals surface area contributed by atoms with Crippen molar-refractivity contribution in [2.75, 3.05) is 40.0 Å². The van der Waals surface area contributed by atoms with Crippen molar-refractivity contribution in [3.63, 3.8) is 0 Å². The summed E-state index contributed by atoms with van der Waals surface area (Å²) in [4.78, 5) is 26.7. The summed E-state index contributed by atoms with van der Waals surface area (Å²) in [7, 11) is 1.59. The third-order valence-corrected chi connectivity index (χ3v) is 5.51. The van der Waals surface area contributed by atoms with Gasteiger partial charge in [0.1, 0.15) is 0 Å². The maximum atomic E-state index is 12.8. The number of benzene rings is 1. The van der Waals surface area contributed by atoms with Gasteiger partial charge in [0.05, 0.1) is 24.3 Å². The Balaban J connectivity index is 1.50. The van der Waals surface area contributed by atoms with E-state index in [2.05, 4.69) is 15.5 Å². The lowest BCUT2D eigenvalue weighted by Gasteiger charge is -2.30. The van der Waals surface area contributed by atoms with E-state index in [1.165, 1.54) is 6.07 Å². The van der Waals surface area contributed by atoms with Gasteiger partial charge in [-0.1, -0.05) is 6.07 Å². The van der Waals surface area contributed by atoms with Gasteiger partial charge in [-0.2, -0.15) is 13.2 Å². The van der Waals surface area contributed by atoms with Crippen molar-refractivity contribution in [2.24, 2.45) is 0 Å². The summed E-state index contributed by atoms with van der Waals surface area (Å²) in [6, 6.07) is 4.24. The lowest BCUT2D eigenvalue weighted by molar-refractivity contribution is -0.137. The number of carbonyl (C=O) groups is 2. The molecule has 166 valence electrons. The molecule has 2 fully saturated rings. The summed E-state index contributed by atoms with van der Waals surface area (Å²) in [5, 5.41) is 5.23. The number of nitrogens with one attached hydrogen (secondary N) is 2. The highest BCUT2D eigenvalue weighted by Crippen LogP contribution is 2.29. The number of hydrogen-bond acceptors (Lipinski definition) is 5. The molecule has 2 aliphatic heterocycles. The zero-order chi connectivity index (χ0) is 21.7.